The molecule has 0 spiro atoms. The molecule has 1 saturated heterocycles. The molecule has 3 rings (SSSR count). The molecule has 1 unspecified atom stereocenters. The Morgan fingerprint density at radius 1 is 1.27 bits per heavy atom. The Morgan fingerprint density at radius 3 is 2.58 bits per heavy atom. The van der Waals surface area contributed by atoms with Gasteiger partial charge in [-0.05, 0) is 52.7 Å². The number of nitrogens with one attached hydrogen (secondary N) is 2. The number of anilines is 1. The van der Waals surface area contributed by atoms with Crippen LogP contribution in [0.2, 0.25) is 5.02 Å². The number of benzene rings is 1. The van der Waals surface area contributed by atoms with Gasteiger partial charge in [-0.1, -0.05) is 23.7 Å². The van der Waals surface area contributed by atoms with E-state index < -0.39 is 29.9 Å². The van der Waals surface area contributed by atoms with Gasteiger partial charge in [-0.15, -0.1) is 0 Å². The SMILES string of the molecule is CC1(c2ccc(Cl)cc2)NC(=O)N(CC(=O)Nc2ccc(Br)cn2)C1=O. The Balaban J connectivity index is 1.73. The summed E-state index contributed by atoms with van der Waals surface area (Å²) in [5.41, 5.74) is -0.671. The molecule has 26 heavy (non-hydrogen) atoms. The van der Waals surface area contributed by atoms with Crippen molar-refractivity contribution >= 4 is 51.2 Å². The maximum absolute atomic E-state index is 12.8. The van der Waals surface area contributed by atoms with Crippen molar-refractivity contribution in [2.45, 2.75) is 12.5 Å². The second kappa shape index (κ2) is 7.05. The van der Waals surface area contributed by atoms with Crippen molar-refractivity contribution in [1.29, 1.82) is 0 Å². The van der Waals surface area contributed by atoms with E-state index in [1.54, 1.807) is 43.3 Å². The zero-order valence-electron chi connectivity index (χ0n) is 13.6. The summed E-state index contributed by atoms with van der Waals surface area (Å²) in [6, 6.07) is 9.28. The van der Waals surface area contributed by atoms with E-state index in [9.17, 15) is 14.4 Å². The Bertz CT molecular complexity index is 873. The van der Waals surface area contributed by atoms with E-state index in [0.29, 0.717) is 16.4 Å². The van der Waals surface area contributed by atoms with Gasteiger partial charge in [0.1, 0.15) is 17.9 Å². The van der Waals surface area contributed by atoms with Crippen molar-refractivity contribution in [3.05, 3.63) is 57.7 Å². The predicted molar refractivity (Wildman–Crippen MR) is 99.6 cm³/mol. The maximum Gasteiger partial charge on any atom is 0.325 e. The summed E-state index contributed by atoms with van der Waals surface area (Å²) < 4.78 is 0.767. The van der Waals surface area contributed by atoms with Crippen LogP contribution < -0.4 is 10.6 Å². The second-order valence-corrected chi connectivity index (χ2v) is 7.22. The number of halogens is 2. The highest BCUT2D eigenvalue weighted by molar-refractivity contribution is 9.10. The number of rotatable bonds is 4. The summed E-state index contributed by atoms with van der Waals surface area (Å²) in [5.74, 6) is -0.710. The molecule has 4 amide bonds. The highest BCUT2D eigenvalue weighted by Gasteiger charge is 2.49. The van der Waals surface area contributed by atoms with Crippen molar-refractivity contribution < 1.29 is 14.4 Å². The lowest BCUT2D eigenvalue weighted by Crippen LogP contribution is -2.42. The van der Waals surface area contributed by atoms with Crippen molar-refractivity contribution in [3.63, 3.8) is 0 Å². The molecular formula is C17H14BrClN4O3. The Labute approximate surface area is 162 Å². The van der Waals surface area contributed by atoms with Crippen molar-refractivity contribution in [2.24, 2.45) is 0 Å². The van der Waals surface area contributed by atoms with Crippen LogP contribution in [0.1, 0.15) is 12.5 Å². The van der Waals surface area contributed by atoms with Gasteiger partial charge >= 0.3 is 6.03 Å². The van der Waals surface area contributed by atoms with E-state index in [2.05, 4.69) is 31.5 Å². The van der Waals surface area contributed by atoms with Crippen LogP contribution in [-0.2, 0) is 15.1 Å². The van der Waals surface area contributed by atoms with E-state index >= 15 is 0 Å². The first-order chi connectivity index (χ1) is 12.3. The molecule has 9 heteroatoms. The van der Waals surface area contributed by atoms with Gasteiger partial charge in [-0.3, -0.25) is 14.5 Å². The Morgan fingerprint density at radius 2 is 1.96 bits per heavy atom. The predicted octanol–water partition coefficient (Wildman–Crippen LogP) is 2.90. The maximum atomic E-state index is 12.8. The number of aromatic nitrogens is 1. The monoisotopic (exact) mass is 436 g/mol. The van der Waals surface area contributed by atoms with Crippen LogP contribution >= 0.6 is 27.5 Å². The van der Waals surface area contributed by atoms with Gasteiger partial charge < -0.3 is 10.6 Å². The summed E-state index contributed by atoms with van der Waals surface area (Å²) in [5, 5.41) is 5.71. The van der Waals surface area contributed by atoms with E-state index in [-0.39, 0.29) is 0 Å². The normalized spacial score (nSPS) is 19.4. The number of carbonyl (C=O) groups is 3. The number of carbonyl (C=O) groups excluding carboxylic acids is 3. The van der Waals surface area contributed by atoms with Crippen LogP contribution in [0, 0.1) is 0 Å². The quantitative estimate of drug-likeness (QED) is 0.720. The van der Waals surface area contributed by atoms with Gasteiger partial charge in [-0.2, -0.15) is 0 Å². The fourth-order valence-corrected chi connectivity index (χ4v) is 2.96. The van der Waals surface area contributed by atoms with Crippen molar-refractivity contribution in [3.8, 4) is 0 Å². The van der Waals surface area contributed by atoms with E-state index in [1.165, 1.54) is 6.20 Å². The third kappa shape index (κ3) is 3.56. The number of imide groups is 1. The molecule has 0 aliphatic carbocycles. The lowest BCUT2D eigenvalue weighted by molar-refractivity contribution is -0.133. The molecule has 1 aromatic heterocycles. The van der Waals surface area contributed by atoms with E-state index in [4.69, 9.17) is 11.6 Å². The van der Waals surface area contributed by atoms with Gasteiger partial charge in [-0.25, -0.2) is 9.78 Å². The van der Waals surface area contributed by atoms with Crippen LogP contribution in [0.4, 0.5) is 10.6 Å². The number of pyridine rings is 1. The minimum atomic E-state index is -1.25. The number of hydrogen-bond donors (Lipinski definition) is 2. The standard InChI is InChI=1S/C17H14BrClN4O3/c1-17(10-2-5-12(19)6-3-10)15(25)23(16(26)22-17)9-14(24)21-13-7-4-11(18)8-20-13/h2-8H,9H2,1H3,(H,22,26)(H,20,21,24). The van der Waals surface area contributed by atoms with E-state index in [1.807, 2.05) is 0 Å². The zero-order chi connectivity index (χ0) is 18.9. The second-order valence-electron chi connectivity index (χ2n) is 5.86. The molecule has 0 bridgehead atoms. The number of urea groups is 1. The van der Waals surface area contributed by atoms with Crippen molar-refractivity contribution in [2.75, 3.05) is 11.9 Å². The molecule has 0 saturated carbocycles. The topological polar surface area (TPSA) is 91.4 Å². The fraction of sp³-hybridized carbons (Fsp3) is 0.176. The molecule has 2 heterocycles. The molecule has 134 valence electrons. The first kappa shape index (κ1) is 18.3. The number of amides is 4. The summed E-state index contributed by atoms with van der Waals surface area (Å²) in [7, 11) is 0. The molecule has 1 aliphatic heterocycles. The highest BCUT2D eigenvalue weighted by Crippen LogP contribution is 2.29. The zero-order valence-corrected chi connectivity index (χ0v) is 16.0. The van der Waals surface area contributed by atoms with Gasteiger partial charge in [0.05, 0.1) is 0 Å². The molecule has 2 N–H and O–H groups in total. The van der Waals surface area contributed by atoms with E-state index in [0.717, 1.165) is 9.37 Å². The molecule has 1 aliphatic rings. The van der Waals surface area contributed by atoms with Crippen LogP contribution in [0.15, 0.2) is 47.1 Å². The molecule has 2 aromatic rings. The Kier molecular flexibility index (Phi) is 4.97. The van der Waals surface area contributed by atoms with Gasteiger partial charge in [0.2, 0.25) is 5.91 Å². The minimum Gasteiger partial charge on any atom is -0.319 e. The van der Waals surface area contributed by atoms with Gasteiger partial charge in [0.25, 0.3) is 5.91 Å². The molecule has 7 nitrogen and oxygen atoms in total. The van der Waals surface area contributed by atoms with Crippen LogP contribution in [-0.4, -0.2) is 34.3 Å². The minimum absolute atomic E-state index is 0.325. The first-order valence-corrected chi connectivity index (χ1v) is 8.78. The van der Waals surface area contributed by atoms with Gasteiger partial charge in [0, 0.05) is 15.7 Å². The molecule has 0 radical (unpaired) electrons. The average Bonchev–Trinajstić information content (AvgIpc) is 2.82. The Hall–Kier alpha value is -2.45. The lowest BCUT2D eigenvalue weighted by Gasteiger charge is -2.22. The smallest absolute Gasteiger partial charge is 0.319 e. The molecule has 1 aromatic carbocycles. The first-order valence-electron chi connectivity index (χ1n) is 7.61. The number of nitrogens with zero attached hydrogens (tertiary/aromatic N) is 2. The van der Waals surface area contributed by atoms with Crippen LogP contribution in [0.5, 0.6) is 0 Å². The summed E-state index contributed by atoms with van der Waals surface area (Å²) in [6.45, 7) is 1.18. The van der Waals surface area contributed by atoms with Crippen LogP contribution in [0.25, 0.3) is 0 Å². The van der Waals surface area contributed by atoms with Gasteiger partial charge in [0.15, 0.2) is 0 Å². The van der Waals surface area contributed by atoms with Crippen molar-refractivity contribution in [1.82, 2.24) is 15.2 Å². The molecular weight excluding hydrogens is 424 g/mol. The average molecular weight is 438 g/mol. The molecule has 1 atom stereocenters. The fourth-order valence-electron chi connectivity index (χ4n) is 2.60. The largest absolute Gasteiger partial charge is 0.325 e. The third-order valence-electron chi connectivity index (χ3n) is 3.99. The third-order valence-corrected chi connectivity index (χ3v) is 4.71. The summed E-state index contributed by atoms with van der Waals surface area (Å²) in [6.07, 6.45) is 1.53. The van der Waals surface area contributed by atoms with Crippen LogP contribution in [0.3, 0.4) is 0 Å². The summed E-state index contributed by atoms with van der Waals surface area (Å²) in [4.78, 5) is 42.1. The number of hydrogen-bond acceptors (Lipinski definition) is 4. The highest BCUT2D eigenvalue weighted by atomic mass is 79.9. The summed E-state index contributed by atoms with van der Waals surface area (Å²) >= 11 is 9.12. The lowest BCUT2D eigenvalue weighted by atomic mass is 9.92. The molecule has 1 fully saturated rings.